The Bertz CT molecular complexity index is 836. The van der Waals surface area contributed by atoms with Crippen molar-refractivity contribution in [3.63, 3.8) is 0 Å². The smallest absolute Gasteiger partial charge is 0.165 e. The summed E-state index contributed by atoms with van der Waals surface area (Å²) in [5.74, 6) is 0.116. The summed E-state index contributed by atoms with van der Waals surface area (Å²) < 4.78 is 18.7. The van der Waals surface area contributed by atoms with Gasteiger partial charge in [0, 0.05) is 10.9 Å². The second-order valence-corrected chi connectivity index (χ2v) is 5.02. The first-order valence-electron chi connectivity index (χ1n) is 6.37. The zero-order chi connectivity index (χ0) is 15.0. The summed E-state index contributed by atoms with van der Waals surface area (Å²) in [7, 11) is 1.42. The molecule has 0 aliphatic rings. The van der Waals surface area contributed by atoms with Gasteiger partial charge >= 0.3 is 0 Å². The predicted octanol–water partition coefficient (Wildman–Crippen LogP) is 4.41. The number of rotatable bonds is 2. The number of nitrogens with zero attached hydrogens (tertiary/aromatic N) is 2. The molecule has 106 valence electrons. The maximum atomic E-state index is 13.8. The number of halogens is 2. The molecule has 0 N–H and O–H groups in total. The third kappa shape index (κ3) is 2.43. The lowest BCUT2D eigenvalue weighted by Gasteiger charge is -2.08. The zero-order valence-electron chi connectivity index (χ0n) is 11.5. The van der Waals surface area contributed by atoms with E-state index in [-0.39, 0.29) is 5.75 Å². The van der Waals surface area contributed by atoms with Crippen LogP contribution in [0.15, 0.2) is 36.4 Å². The quantitative estimate of drug-likeness (QED) is 0.658. The van der Waals surface area contributed by atoms with Crippen LogP contribution in [0.25, 0.3) is 22.3 Å². The second kappa shape index (κ2) is 5.30. The average molecular weight is 303 g/mol. The fourth-order valence-electron chi connectivity index (χ4n) is 2.19. The predicted molar refractivity (Wildman–Crippen MR) is 81.2 cm³/mol. The highest BCUT2D eigenvalue weighted by atomic mass is 35.5. The molecule has 5 heteroatoms. The Morgan fingerprint density at radius 3 is 2.67 bits per heavy atom. The average Bonchev–Trinajstić information content (AvgIpc) is 2.48. The molecule has 1 heterocycles. The fraction of sp³-hybridized carbons (Fsp3) is 0.125. The number of aryl methyl sites for hydroxylation is 1. The lowest BCUT2D eigenvalue weighted by molar-refractivity contribution is 0.386. The van der Waals surface area contributed by atoms with Crippen LogP contribution in [0.1, 0.15) is 5.56 Å². The molecule has 0 saturated carbocycles. The molecule has 0 saturated heterocycles. The first-order chi connectivity index (χ1) is 10.1. The van der Waals surface area contributed by atoms with Gasteiger partial charge in [0.1, 0.15) is 5.15 Å². The summed E-state index contributed by atoms with van der Waals surface area (Å²) in [6.07, 6.45) is 0. The Balaban J connectivity index is 2.21. The molecule has 0 atom stereocenters. The largest absolute Gasteiger partial charge is 0.494 e. The van der Waals surface area contributed by atoms with E-state index in [1.807, 2.05) is 25.1 Å². The van der Waals surface area contributed by atoms with Gasteiger partial charge in [-0.2, -0.15) is 0 Å². The molecule has 21 heavy (non-hydrogen) atoms. The van der Waals surface area contributed by atoms with Gasteiger partial charge in [-0.15, -0.1) is 0 Å². The van der Waals surface area contributed by atoms with Crippen molar-refractivity contribution >= 4 is 22.5 Å². The number of methoxy groups -OCH3 is 1. The van der Waals surface area contributed by atoms with E-state index >= 15 is 0 Å². The minimum Gasteiger partial charge on any atom is -0.494 e. The molecular formula is C16H12ClFN2O. The number of para-hydroxylation sites is 1. The maximum Gasteiger partial charge on any atom is 0.165 e. The highest BCUT2D eigenvalue weighted by Gasteiger charge is 2.11. The van der Waals surface area contributed by atoms with Crippen LogP contribution >= 0.6 is 11.6 Å². The molecule has 0 unspecified atom stereocenters. The standard InChI is InChI=1S/C16H12ClFN2O/c1-9-4-3-5-11-14(9)19-16(20-15(11)17)10-6-7-13(21-2)12(18)8-10/h3-8H,1-2H3. The fourth-order valence-corrected chi connectivity index (χ4v) is 2.43. The zero-order valence-corrected chi connectivity index (χ0v) is 12.3. The van der Waals surface area contributed by atoms with Crippen LogP contribution in [0.2, 0.25) is 5.15 Å². The van der Waals surface area contributed by atoms with E-state index in [4.69, 9.17) is 16.3 Å². The van der Waals surface area contributed by atoms with Gasteiger partial charge in [0.05, 0.1) is 12.6 Å². The summed E-state index contributed by atoms with van der Waals surface area (Å²) in [6, 6.07) is 10.3. The van der Waals surface area contributed by atoms with Crippen molar-refractivity contribution in [2.45, 2.75) is 6.92 Å². The normalized spacial score (nSPS) is 10.9. The molecule has 0 bridgehead atoms. The molecule has 0 fully saturated rings. The third-order valence-electron chi connectivity index (χ3n) is 3.29. The summed E-state index contributed by atoms with van der Waals surface area (Å²) in [4.78, 5) is 8.76. The molecule has 3 aromatic rings. The highest BCUT2D eigenvalue weighted by Crippen LogP contribution is 2.28. The Morgan fingerprint density at radius 2 is 1.95 bits per heavy atom. The summed E-state index contributed by atoms with van der Waals surface area (Å²) in [5.41, 5.74) is 2.32. The van der Waals surface area contributed by atoms with Crippen LogP contribution in [0, 0.1) is 12.7 Å². The highest BCUT2D eigenvalue weighted by molar-refractivity contribution is 6.34. The van der Waals surface area contributed by atoms with Crippen LogP contribution in [0.4, 0.5) is 4.39 Å². The van der Waals surface area contributed by atoms with Gasteiger partial charge in [-0.05, 0) is 36.8 Å². The summed E-state index contributed by atoms with van der Waals surface area (Å²) in [5, 5.41) is 1.14. The van der Waals surface area contributed by atoms with Crippen molar-refractivity contribution in [2.24, 2.45) is 0 Å². The van der Waals surface area contributed by atoms with Gasteiger partial charge in [-0.1, -0.05) is 23.7 Å². The first-order valence-corrected chi connectivity index (χ1v) is 6.74. The topological polar surface area (TPSA) is 35.0 Å². The molecular weight excluding hydrogens is 291 g/mol. The molecule has 0 spiro atoms. The number of ether oxygens (including phenoxy) is 1. The van der Waals surface area contributed by atoms with E-state index in [0.717, 1.165) is 16.5 Å². The first kappa shape index (κ1) is 13.8. The van der Waals surface area contributed by atoms with E-state index in [1.54, 1.807) is 12.1 Å². The molecule has 2 aromatic carbocycles. The molecule has 0 aliphatic heterocycles. The molecule has 0 radical (unpaired) electrons. The number of hydrogen-bond acceptors (Lipinski definition) is 3. The Hall–Kier alpha value is -2.20. The Labute approximate surface area is 126 Å². The number of hydrogen-bond donors (Lipinski definition) is 0. The SMILES string of the molecule is COc1ccc(-c2nc(Cl)c3cccc(C)c3n2)cc1F. The van der Waals surface area contributed by atoms with E-state index < -0.39 is 5.82 Å². The Kier molecular flexibility index (Phi) is 3.47. The van der Waals surface area contributed by atoms with E-state index in [9.17, 15) is 4.39 Å². The number of aromatic nitrogens is 2. The lowest BCUT2D eigenvalue weighted by atomic mass is 10.1. The van der Waals surface area contributed by atoms with Crippen LogP contribution in [-0.4, -0.2) is 17.1 Å². The molecule has 3 nitrogen and oxygen atoms in total. The van der Waals surface area contributed by atoms with Crippen molar-refractivity contribution in [2.75, 3.05) is 7.11 Å². The van der Waals surface area contributed by atoms with Crippen molar-refractivity contribution in [1.29, 1.82) is 0 Å². The van der Waals surface area contributed by atoms with Crippen LogP contribution < -0.4 is 4.74 Å². The monoisotopic (exact) mass is 302 g/mol. The van der Waals surface area contributed by atoms with Gasteiger partial charge in [0.25, 0.3) is 0 Å². The molecule has 0 amide bonds. The van der Waals surface area contributed by atoms with Crippen molar-refractivity contribution in [3.8, 4) is 17.1 Å². The number of fused-ring (bicyclic) bond motifs is 1. The van der Waals surface area contributed by atoms with Gasteiger partial charge in [0.15, 0.2) is 17.4 Å². The third-order valence-corrected chi connectivity index (χ3v) is 3.58. The van der Waals surface area contributed by atoms with Gasteiger partial charge in [-0.25, -0.2) is 14.4 Å². The molecule has 1 aromatic heterocycles. The van der Waals surface area contributed by atoms with Crippen molar-refractivity contribution < 1.29 is 9.13 Å². The molecule has 0 aliphatic carbocycles. The van der Waals surface area contributed by atoms with E-state index in [0.29, 0.717) is 16.5 Å². The van der Waals surface area contributed by atoms with Crippen molar-refractivity contribution in [1.82, 2.24) is 9.97 Å². The van der Waals surface area contributed by atoms with Gasteiger partial charge in [0.2, 0.25) is 0 Å². The van der Waals surface area contributed by atoms with Gasteiger partial charge < -0.3 is 4.74 Å². The number of benzene rings is 2. The molecule has 3 rings (SSSR count). The van der Waals surface area contributed by atoms with Crippen LogP contribution in [-0.2, 0) is 0 Å². The van der Waals surface area contributed by atoms with E-state index in [2.05, 4.69) is 9.97 Å². The second-order valence-electron chi connectivity index (χ2n) is 4.66. The van der Waals surface area contributed by atoms with E-state index in [1.165, 1.54) is 13.2 Å². The van der Waals surface area contributed by atoms with Crippen LogP contribution in [0.5, 0.6) is 5.75 Å². The minimum atomic E-state index is -0.459. The van der Waals surface area contributed by atoms with Crippen LogP contribution in [0.3, 0.4) is 0 Å². The maximum absolute atomic E-state index is 13.8. The van der Waals surface area contributed by atoms with Gasteiger partial charge in [-0.3, -0.25) is 0 Å². The lowest BCUT2D eigenvalue weighted by Crippen LogP contribution is -1.95. The van der Waals surface area contributed by atoms with Crippen molar-refractivity contribution in [3.05, 3.63) is 52.9 Å². The summed E-state index contributed by atoms with van der Waals surface area (Å²) >= 11 is 6.21. The minimum absolute atomic E-state index is 0.182. The summed E-state index contributed by atoms with van der Waals surface area (Å²) in [6.45, 7) is 1.95. The Morgan fingerprint density at radius 1 is 1.14 bits per heavy atom.